The Morgan fingerprint density at radius 2 is 2.14 bits per heavy atom. The van der Waals surface area contributed by atoms with Gasteiger partial charge in [-0.25, -0.2) is 0 Å². The highest BCUT2D eigenvalue weighted by Gasteiger charge is 2.09. The number of carbonyl (C=O) groups is 1. The number of carbonyl (C=O) groups excluding carboxylic acids is 1. The fourth-order valence-electron chi connectivity index (χ4n) is 1.95. The summed E-state index contributed by atoms with van der Waals surface area (Å²) in [5.74, 6) is 0.689. The van der Waals surface area contributed by atoms with Crippen LogP contribution in [0.5, 0.6) is 5.75 Å². The van der Waals surface area contributed by atoms with Gasteiger partial charge in [0.1, 0.15) is 5.75 Å². The maximum atomic E-state index is 11.7. The number of methoxy groups -OCH3 is 1. The largest absolute Gasteiger partial charge is 0.483 e. The number of para-hydroxylation sites is 1. The molecule has 0 aromatic heterocycles. The molecule has 118 valence electrons. The molecule has 0 aliphatic heterocycles. The quantitative estimate of drug-likeness (QED) is 0.644. The molecule has 0 heterocycles. The number of ether oxygens (including phenoxy) is 2. The summed E-state index contributed by atoms with van der Waals surface area (Å²) in [6, 6.07) is 6.00. The summed E-state index contributed by atoms with van der Waals surface area (Å²) in [7, 11) is 1.65. The molecule has 5 nitrogen and oxygen atoms in total. The highest BCUT2D eigenvalue weighted by molar-refractivity contribution is 5.77. The van der Waals surface area contributed by atoms with Gasteiger partial charge in [-0.05, 0) is 25.5 Å². The van der Waals surface area contributed by atoms with Gasteiger partial charge in [0.05, 0.1) is 0 Å². The SMILES string of the molecule is CCNCc1cccc(C)c1OCC(=O)NCCCOC. The van der Waals surface area contributed by atoms with Crippen molar-refractivity contribution in [1.82, 2.24) is 10.6 Å². The van der Waals surface area contributed by atoms with Gasteiger partial charge in [0.2, 0.25) is 0 Å². The average molecular weight is 294 g/mol. The maximum absolute atomic E-state index is 11.7. The Labute approximate surface area is 127 Å². The van der Waals surface area contributed by atoms with E-state index in [-0.39, 0.29) is 12.5 Å². The van der Waals surface area contributed by atoms with Crippen molar-refractivity contribution in [3.05, 3.63) is 29.3 Å². The van der Waals surface area contributed by atoms with Crippen molar-refractivity contribution >= 4 is 5.91 Å². The second-order valence-electron chi connectivity index (χ2n) is 4.83. The summed E-state index contributed by atoms with van der Waals surface area (Å²) in [5, 5.41) is 6.08. The maximum Gasteiger partial charge on any atom is 0.257 e. The fraction of sp³-hybridized carbons (Fsp3) is 0.562. The third-order valence-corrected chi connectivity index (χ3v) is 3.05. The molecule has 1 aromatic rings. The predicted molar refractivity (Wildman–Crippen MR) is 83.6 cm³/mol. The second kappa shape index (κ2) is 10.2. The molecule has 1 aromatic carbocycles. The van der Waals surface area contributed by atoms with E-state index in [1.165, 1.54) is 0 Å². The van der Waals surface area contributed by atoms with Crippen LogP contribution in [-0.4, -0.2) is 39.3 Å². The van der Waals surface area contributed by atoms with Crippen LogP contribution in [0.2, 0.25) is 0 Å². The third-order valence-electron chi connectivity index (χ3n) is 3.05. The lowest BCUT2D eigenvalue weighted by molar-refractivity contribution is -0.123. The molecule has 21 heavy (non-hydrogen) atoms. The molecule has 5 heteroatoms. The third kappa shape index (κ3) is 6.60. The fourth-order valence-corrected chi connectivity index (χ4v) is 1.95. The van der Waals surface area contributed by atoms with Crippen molar-refractivity contribution in [2.24, 2.45) is 0 Å². The van der Waals surface area contributed by atoms with Crippen LogP contribution in [0, 0.1) is 6.92 Å². The number of hydrogen-bond donors (Lipinski definition) is 2. The summed E-state index contributed by atoms with van der Waals surface area (Å²) < 4.78 is 10.6. The zero-order valence-corrected chi connectivity index (χ0v) is 13.2. The van der Waals surface area contributed by atoms with Crippen molar-refractivity contribution < 1.29 is 14.3 Å². The predicted octanol–water partition coefficient (Wildman–Crippen LogP) is 1.64. The molecular formula is C16H26N2O3. The van der Waals surface area contributed by atoms with Gasteiger partial charge in [-0.1, -0.05) is 25.1 Å². The van der Waals surface area contributed by atoms with E-state index >= 15 is 0 Å². The number of benzene rings is 1. The summed E-state index contributed by atoms with van der Waals surface area (Å²) in [4.78, 5) is 11.7. The van der Waals surface area contributed by atoms with Crippen LogP contribution in [0.15, 0.2) is 18.2 Å². The molecule has 0 saturated heterocycles. The standard InChI is InChI=1S/C16H26N2O3/c1-4-17-11-14-8-5-7-13(2)16(14)21-12-15(19)18-9-6-10-20-3/h5,7-8,17H,4,6,9-12H2,1-3H3,(H,18,19). The van der Waals surface area contributed by atoms with Gasteiger partial charge in [0, 0.05) is 32.4 Å². The zero-order valence-electron chi connectivity index (χ0n) is 13.2. The first-order chi connectivity index (χ1) is 10.2. The molecule has 1 amide bonds. The van der Waals surface area contributed by atoms with Gasteiger partial charge in [-0.15, -0.1) is 0 Å². The summed E-state index contributed by atoms with van der Waals surface area (Å²) in [5.41, 5.74) is 2.11. The van der Waals surface area contributed by atoms with E-state index in [0.29, 0.717) is 13.2 Å². The lowest BCUT2D eigenvalue weighted by Crippen LogP contribution is -2.30. The molecule has 0 atom stereocenters. The van der Waals surface area contributed by atoms with Crippen LogP contribution < -0.4 is 15.4 Å². The van der Waals surface area contributed by atoms with Crippen LogP contribution in [-0.2, 0) is 16.1 Å². The van der Waals surface area contributed by atoms with E-state index in [9.17, 15) is 4.79 Å². The summed E-state index contributed by atoms with van der Waals surface area (Å²) in [6.07, 6.45) is 0.804. The van der Waals surface area contributed by atoms with E-state index < -0.39 is 0 Å². The Bertz CT molecular complexity index is 436. The van der Waals surface area contributed by atoms with Crippen LogP contribution in [0.1, 0.15) is 24.5 Å². The van der Waals surface area contributed by atoms with Crippen molar-refractivity contribution in [3.8, 4) is 5.75 Å². The number of amides is 1. The summed E-state index contributed by atoms with van der Waals surface area (Å²) in [6.45, 7) is 6.97. The Hall–Kier alpha value is -1.59. The van der Waals surface area contributed by atoms with E-state index in [0.717, 1.165) is 36.4 Å². The first-order valence-corrected chi connectivity index (χ1v) is 7.36. The monoisotopic (exact) mass is 294 g/mol. The van der Waals surface area contributed by atoms with Crippen LogP contribution >= 0.6 is 0 Å². The molecule has 2 N–H and O–H groups in total. The molecule has 0 fully saturated rings. The number of rotatable bonds is 10. The van der Waals surface area contributed by atoms with Crippen molar-refractivity contribution in [3.63, 3.8) is 0 Å². The van der Waals surface area contributed by atoms with E-state index in [1.54, 1.807) is 7.11 Å². The van der Waals surface area contributed by atoms with E-state index in [1.807, 2.05) is 25.1 Å². The minimum Gasteiger partial charge on any atom is -0.483 e. The van der Waals surface area contributed by atoms with E-state index in [2.05, 4.69) is 17.6 Å². The number of aryl methyl sites for hydroxylation is 1. The van der Waals surface area contributed by atoms with Gasteiger partial charge < -0.3 is 20.1 Å². The van der Waals surface area contributed by atoms with Gasteiger partial charge in [0.15, 0.2) is 6.61 Å². The molecule has 0 spiro atoms. The first-order valence-electron chi connectivity index (χ1n) is 7.36. The Morgan fingerprint density at radius 1 is 1.33 bits per heavy atom. The van der Waals surface area contributed by atoms with Crippen LogP contribution in [0.25, 0.3) is 0 Å². The van der Waals surface area contributed by atoms with Crippen molar-refractivity contribution in [2.45, 2.75) is 26.8 Å². The number of nitrogens with one attached hydrogen (secondary N) is 2. The van der Waals surface area contributed by atoms with E-state index in [4.69, 9.17) is 9.47 Å². The molecule has 0 bridgehead atoms. The number of hydrogen-bond acceptors (Lipinski definition) is 4. The molecule has 0 saturated carbocycles. The van der Waals surface area contributed by atoms with Crippen molar-refractivity contribution in [1.29, 1.82) is 0 Å². The molecule has 0 aliphatic carbocycles. The second-order valence-corrected chi connectivity index (χ2v) is 4.83. The van der Waals surface area contributed by atoms with Gasteiger partial charge in [0.25, 0.3) is 5.91 Å². The Kier molecular flexibility index (Phi) is 8.47. The topological polar surface area (TPSA) is 59.6 Å². The average Bonchev–Trinajstić information content (AvgIpc) is 2.48. The Morgan fingerprint density at radius 3 is 2.86 bits per heavy atom. The van der Waals surface area contributed by atoms with Gasteiger partial charge in [-0.3, -0.25) is 4.79 Å². The van der Waals surface area contributed by atoms with Gasteiger partial charge >= 0.3 is 0 Å². The normalized spacial score (nSPS) is 10.4. The lowest BCUT2D eigenvalue weighted by atomic mass is 10.1. The summed E-state index contributed by atoms with van der Waals surface area (Å²) >= 11 is 0. The molecule has 1 rings (SSSR count). The Balaban J connectivity index is 2.48. The minimum absolute atomic E-state index is 0.0387. The minimum atomic E-state index is -0.108. The van der Waals surface area contributed by atoms with Crippen molar-refractivity contribution in [2.75, 3.05) is 33.4 Å². The molecule has 0 radical (unpaired) electrons. The molecule has 0 unspecified atom stereocenters. The highest BCUT2D eigenvalue weighted by atomic mass is 16.5. The molecule has 0 aliphatic rings. The lowest BCUT2D eigenvalue weighted by Gasteiger charge is -2.14. The van der Waals surface area contributed by atoms with Crippen LogP contribution in [0.3, 0.4) is 0 Å². The van der Waals surface area contributed by atoms with Crippen LogP contribution in [0.4, 0.5) is 0 Å². The smallest absolute Gasteiger partial charge is 0.257 e. The highest BCUT2D eigenvalue weighted by Crippen LogP contribution is 2.23. The first kappa shape index (κ1) is 17.5. The zero-order chi connectivity index (χ0) is 15.5. The van der Waals surface area contributed by atoms with Gasteiger partial charge in [-0.2, -0.15) is 0 Å². The molecular weight excluding hydrogens is 268 g/mol.